The smallest absolute Gasteiger partial charge is 0.276 e. The fourth-order valence-electron chi connectivity index (χ4n) is 2.25. The van der Waals surface area contributed by atoms with Gasteiger partial charge in [-0.25, -0.2) is 0 Å². The van der Waals surface area contributed by atoms with Crippen LogP contribution in [-0.2, 0) is 0 Å². The van der Waals surface area contributed by atoms with E-state index in [1.165, 1.54) is 11.8 Å². The molecular weight excluding hydrogens is 411 g/mol. The van der Waals surface area contributed by atoms with Gasteiger partial charge in [0.2, 0.25) is 5.89 Å². The van der Waals surface area contributed by atoms with E-state index < -0.39 is 0 Å². The van der Waals surface area contributed by atoms with Crippen LogP contribution in [0.1, 0.15) is 0 Å². The molecule has 0 aliphatic heterocycles. The number of aromatic nitrogens is 2. The predicted molar refractivity (Wildman–Crippen MR) is 106 cm³/mol. The Morgan fingerprint density at radius 1 is 1.00 bits per heavy atom. The van der Waals surface area contributed by atoms with Gasteiger partial charge in [-0.15, -0.1) is 10.2 Å². The Hall–Kier alpha value is -2.09. The third kappa shape index (κ3) is 4.80. The highest BCUT2D eigenvalue weighted by Gasteiger charge is 2.13. The summed E-state index contributed by atoms with van der Waals surface area (Å²) in [6, 6.07) is 10.6. The second-order valence-electron chi connectivity index (χ2n) is 5.19. The van der Waals surface area contributed by atoms with Crippen molar-refractivity contribution in [2.75, 3.05) is 26.6 Å². The van der Waals surface area contributed by atoms with Gasteiger partial charge in [0, 0.05) is 11.3 Å². The van der Waals surface area contributed by atoms with Gasteiger partial charge in [0.25, 0.3) is 5.22 Å². The van der Waals surface area contributed by atoms with Crippen LogP contribution in [0, 0.1) is 0 Å². The maximum absolute atomic E-state index is 6.07. The molecule has 6 nitrogen and oxygen atoms in total. The van der Waals surface area contributed by atoms with Crippen molar-refractivity contribution in [2.24, 2.45) is 0 Å². The van der Waals surface area contributed by atoms with Gasteiger partial charge in [-0.05, 0) is 30.3 Å². The minimum atomic E-state index is 0.391. The number of benzene rings is 2. The molecule has 0 radical (unpaired) electrons. The first-order chi connectivity index (χ1) is 13.1. The molecule has 142 valence electrons. The summed E-state index contributed by atoms with van der Waals surface area (Å²) in [6.45, 7) is 0.391. The van der Waals surface area contributed by atoms with E-state index in [1.807, 2.05) is 6.07 Å². The number of ether oxygens (including phenoxy) is 3. The third-order valence-electron chi connectivity index (χ3n) is 3.51. The van der Waals surface area contributed by atoms with E-state index in [1.54, 1.807) is 44.6 Å². The molecule has 27 heavy (non-hydrogen) atoms. The Balaban J connectivity index is 1.58. The minimum Gasteiger partial charge on any atom is -0.493 e. The van der Waals surface area contributed by atoms with E-state index in [0.29, 0.717) is 50.8 Å². The third-order valence-corrected chi connectivity index (χ3v) is 4.89. The Labute approximate surface area is 170 Å². The molecule has 2 aromatic carbocycles. The Kier molecular flexibility index (Phi) is 6.71. The maximum atomic E-state index is 6.07. The number of para-hydroxylation sites is 1. The average Bonchev–Trinajstić information content (AvgIpc) is 3.15. The van der Waals surface area contributed by atoms with E-state index in [9.17, 15) is 0 Å². The van der Waals surface area contributed by atoms with Gasteiger partial charge in [0.1, 0.15) is 0 Å². The fraction of sp³-hybridized carbons (Fsp3) is 0.222. The van der Waals surface area contributed by atoms with E-state index in [-0.39, 0.29) is 0 Å². The summed E-state index contributed by atoms with van der Waals surface area (Å²) in [6.07, 6.45) is 0. The second kappa shape index (κ2) is 9.21. The van der Waals surface area contributed by atoms with Crippen LogP contribution in [-0.4, -0.2) is 36.8 Å². The zero-order valence-electron chi connectivity index (χ0n) is 14.6. The highest BCUT2D eigenvalue weighted by Crippen LogP contribution is 2.34. The molecule has 9 heteroatoms. The summed E-state index contributed by atoms with van der Waals surface area (Å²) < 4.78 is 21.8. The molecular formula is C18H16Cl2N2O4S. The van der Waals surface area contributed by atoms with E-state index >= 15 is 0 Å². The van der Waals surface area contributed by atoms with Crippen LogP contribution in [0.15, 0.2) is 46.0 Å². The van der Waals surface area contributed by atoms with E-state index in [4.69, 9.17) is 41.8 Å². The summed E-state index contributed by atoms with van der Waals surface area (Å²) in [4.78, 5) is 0. The quantitative estimate of drug-likeness (QED) is 0.360. The first kappa shape index (κ1) is 19.7. The Morgan fingerprint density at radius 3 is 2.44 bits per heavy atom. The van der Waals surface area contributed by atoms with Crippen molar-refractivity contribution in [3.05, 3.63) is 46.4 Å². The average molecular weight is 427 g/mol. The van der Waals surface area contributed by atoms with Crippen molar-refractivity contribution in [2.45, 2.75) is 5.22 Å². The second-order valence-corrected chi connectivity index (χ2v) is 7.05. The summed E-state index contributed by atoms with van der Waals surface area (Å²) in [5.74, 6) is 2.68. The molecule has 0 aliphatic rings. The van der Waals surface area contributed by atoms with Crippen LogP contribution in [0.2, 0.25) is 10.0 Å². The SMILES string of the molecule is COc1ccc(-c2nnc(SCCOc3c(Cl)cccc3Cl)o2)cc1OC. The van der Waals surface area contributed by atoms with Gasteiger partial charge < -0.3 is 18.6 Å². The molecule has 0 aliphatic carbocycles. The number of rotatable bonds is 8. The normalized spacial score (nSPS) is 10.7. The van der Waals surface area contributed by atoms with Crippen molar-refractivity contribution >= 4 is 35.0 Å². The minimum absolute atomic E-state index is 0.391. The molecule has 0 saturated carbocycles. The zero-order valence-corrected chi connectivity index (χ0v) is 16.9. The molecule has 0 saturated heterocycles. The highest BCUT2D eigenvalue weighted by atomic mass is 35.5. The van der Waals surface area contributed by atoms with Crippen LogP contribution in [0.5, 0.6) is 17.2 Å². The number of methoxy groups -OCH3 is 2. The predicted octanol–water partition coefficient (Wildman–Crippen LogP) is 5.23. The number of hydrogen-bond donors (Lipinski definition) is 0. The van der Waals surface area contributed by atoms with Crippen molar-refractivity contribution < 1.29 is 18.6 Å². The van der Waals surface area contributed by atoms with Crippen LogP contribution in [0.4, 0.5) is 0 Å². The molecule has 0 unspecified atom stereocenters. The molecule has 0 N–H and O–H groups in total. The lowest BCUT2D eigenvalue weighted by molar-refractivity contribution is 0.343. The van der Waals surface area contributed by atoms with Crippen molar-refractivity contribution in [3.63, 3.8) is 0 Å². The largest absolute Gasteiger partial charge is 0.493 e. The molecule has 0 amide bonds. The van der Waals surface area contributed by atoms with Crippen molar-refractivity contribution in [1.82, 2.24) is 10.2 Å². The van der Waals surface area contributed by atoms with Gasteiger partial charge >= 0.3 is 0 Å². The molecule has 3 rings (SSSR count). The zero-order chi connectivity index (χ0) is 19.2. The lowest BCUT2D eigenvalue weighted by Gasteiger charge is -2.08. The molecule has 0 bridgehead atoms. The van der Waals surface area contributed by atoms with Gasteiger partial charge in [0.05, 0.1) is 30.9 Å². The first-order valence-electron chi connectivity index (χ1n) is 7.88. The standard InChI is InChI=1S/C18H16Cl2N2O4S/c1-23-14-7-6-11(10-15(14)24-2)17-21-22-18(26-17)27-9-8-25-16-12(19)4-3-5-13(16)20/h3-7,10H,8-9H2,1-2H3. The molecule has 0 atom stereocenters. The first-order valence-corrected chi connectivity index (χ1v) is 9.62. The summed E-state index contributed by atoms with van der Waals surface area (Å²) in [5, 5.41) is 9.49. The molecule has 0 fully saturated rings. The van der Waals surface area contributed by atoms with Gasteiger partial charge in [-0.1, -0.05) is 41.0 Å². The van der Waals surface area contributed by atoms with Crippen LogP contribution >= 0.6 is 35.0 Å². The lowest BCUT2D eigenvalue weighted by atomic mass is 10.2. The van der Waals surface area contributed by atoms with Crippen LogP contribution in [0.3, 0.4) is 0 Å². The number of halogens is 2. The fourth-order valence-corrected chi connectivity index (χ4v) is 3.33. The van der Waals surface area contributed by atoms with Gasteiger partial charge in [0.15, 0.2) is 17.2 Å². The number of nitrogens with zero attached hydrogens (tertiary/aromatic N) is 2. The van der Waals surface area contributed by atoms with Crippen LogP contribution < -0.4 is 14.2 Å². The van der Waals surface area contributed by atoms with Crippen molar-refractivity contribution in [3.8, 4) is 28.7 Å². The Morgan fingerprint density at radius 2 is 1.74 bits per heavy atom. The molecule has 3 aromatic rings. The van der Waals surface area contributed by atoms with E-state index in [2.05, 4.69) is 10.2 Å². The van der Waals surface area contributed by atoms with Gasteiger partial charge in [-0.3, -0.25) is 0 Å². The molecule has 1 aromatic heterocycles. The number of thioether (sulfide) groups is 1. The highest BCUT2D eigenvalue weighted by molar-refractivity contribution is 7.99. The topological polar surface area (TPSA) is 66.6 Å². The van der Waals surface area contributed by atoms with Crippen molar-refractivity contribution in [1.29, 1.82) is 0 Å². The van der Waals surface area contributed by atoms with Gasteiger partial charge in [-0.2, -0.15) is 0 Å². The summed E-state index contributed by atoms with van der Waals surface area (Å²) >= 11 is 13.5. The van der Waals surface area contributed by atoms with E-state index in [0.717, 1.165) is 5.56 Å². The molecule has 0 spiro atoms. The number of hydrogen-bond acceptors (Lipinski definition) is 7. The Bertz CT molecular complexity index is 900. The van der Waals surface area contributed by atoms with Crippen LogP contribution in [0.25, 0.3) is 11.5 Å². The molecule has 1 heterocycles. The summed E-state index contributed by atoms with van der Waals surface area (Å²) in [7, 11) is 3.15. The lowest BCUT2D eigenvalue weighted by Crippen LogP contribution is -2.01. The maximum Gasteiger partial charge on any atom is 0.276 e. The summed E-state index contributed by atoms with van der Waals surface area (Å²) in [5.41, 5.74) is 0.742. The monoisotopic (exact) mass is 426 g/mol.